The molecule has 1 aromatic heterocycles. The van der Waals surface area contributed by atoms with Gasteiger partial charge in [0, 0.05) is 17.4 Å². The number of rotatable bonds is 7. The van der Waals surface area contributed by atoms with Crippen LogP contribution in [0.25, 0.3) is 0 Å². The highest BCUT2D eigenvalue weighted by Gasteiger charge is 2.20. The van der Waals surface area contributed by atoms with Crippen LogP contribution in [0.15, 0.2) is 42.6 Å². The van der Waals surface area contributed by atoms with Crippen LogP contribution in [0.4, 0.5) is 28.8 Å². The quantitative estimate of drug-likeness (QED) is 0.283. The molecule has 0 radical (unpaired) electrons. The average Bonchev–Trinajstić information content (AvgIpc) is 2.69. The number of anilines is 4. The van der Waals surface area contributed by atoms with E-state index >= 15 is 0 Å². The van der Waals surface area contributed by atoms with Crippen molar-refractivity contribution in [1.82, 2.24) is 9.97 Å². The van der Waals surface area contributed by atoms with Crippen molar-refractivity contribution in [2.24, 2.45) is 0 Å². The molecule has 162 valence electrons. The molecule has 0 aliphatic rings. The Morgan fingerprint density at radius 2 is 1.90 bits per heavy atom. The number of non-ortho nitro benzene ring substituents is 1. The van der Waals surface area contributed by atoms with Gasteiger partial charge in [-0.05, 0) is 37.9 Å². The van der Waals surface area contributed by atoms with Crippen LogP contribution in [-0.4, -0.2) is 35.3 Å². The van der Waals surface area contributed by atoms with Crippen LogP contribution in [0.5, 0.6) is 5.75 Å². The topological polar surface area (TPSA) is 119 Å². The van der Waals surface area contributed by atoms with E-state index in [9.17, 15) is 14.7 Å². The summed E-state index contributed by atoms with van der Waals surface area (Å²) in [6.45, 7) is 5.29. The minimum absolute atomic E-state index is 0.110. The van der Waals surface area contributed by atoms with E-state index in [1.54, 1.807) is 19.4 Å². The lowest BCUT2D eigenvalue weighted by Crippen LogP contribution is -2.14. The zero-order valence-electron chi connectivity index (χ0n) is 17.3. The van der Waals surface area contributed by atoms with Crippen molar-refractivity contribution >= 4 is 52.9 Å². The minimum atomic E-state index is -2.58. The third-order valence-corrected chi connectivity index (χ3v) is 6.36. The van der Waals surface area contributed by atoms with Gasteiger partial charge in [0.05, 0.1) is 29.6 Å². The van der Waals surface area contributed by atoms with Crippen molar-refractivity contribution in [2.75, 3.05) is 31.1 Å². The summed E-state index contributed by atoms with van der Waals surface area (Å²) in [5.74, 6) is 0.831. The monoisotopic (exact) mass is 461 g/mol. The smallest absolute Gasteiger partial charge is 0.271 e. The van der Waals surface area contributed by atoms with E-state index in [1.807, 2.05) is 19.1 Å². The van der Waals surface area contributed by atoms with Gasteiger partial charge in [-0.1, -0.05) is 23.7 Å². The van der Waals surface area contributed by atoms with Crippen molar-refractivity contribution < 1.29 is 14.2 Å². The Hall–Kier alpha value is -3.16. The number of ether oxygens (including phenoxy) is 1. The molecule has 9 nitrogen and oxygen atoms in total. The number of halogens is 1. The van der Waals surface area contributed by atoms with E-state index in [2.05, 4.69) is 20.6 Å². The highest BCUT2D eigenvalue weighted by Crippen LogP contribution is 2.40. The fourth-order valence-electron chi connectivity index (χ4n) is 3.14. The molecule has 11 heteroatoms. The SMILES string of the molecule is COc1ccc([N+](=O)[O-])cc1Nc1ncc(Cl)c(Nc2cccc(C)c2P(C)(C)=O)n1. The number of hydrogen-bond donors (Lipinski definition) is 2. The van der Waals surface area contributed by atoms with Gasteiger partial charge >= 0.3 is 0 Å². The van der Waals surface area contributed by atoms with Gasteiger partial charge in [-0.15, -0.1) is 0 Å². The Bertz CT molecular complexity index is 1200. The number of nitrogens with one attached hydrogen (secondary N) is 2. The van der Waals surface area contributed by atoms with E-state index in [1.165, 1.54) is 31.5 Å². The first-order valence-electron chi connectivity index (χ1n) is 9.14. The first-order chi connectivity index (χ1) is 14.6. The van der Waals surface area contributed by atoms with Gasteiger partial charge in [-0.25, -0.2) is 4.98 Å². The first kappa shape index (κ1) is 22.5. The minimum Gasteiger partial charge on any atom is -0.495 e. The predicted molar refractivity (Wildman–Crippen MR) is 124 cm³/mol. The summed E-state index contributed by atoms with van der Waals surface area (Å²) in [7, 11) is -1.13. The Balaban J connectivity index is 1.98. The Labute approximate surface area is 184 Å². The lowest BCUT2D eigenvalue weighted by Gasteiger charge is -2.18. The number of aromatic nitrogens is 2. The average molecular weight is 462 g/mol. The Morgan fingerprint density at radius 3 is 2.55 bits per heavy atom. The third kappa shape index (κ3) is 5.13. The summed E-state index contributed by atoms with van der Waals surface area (Å²) >= 11 is 6.28. The standard InChI is InChI=1S/C20H21ClN5O4P/c1-12-6-5-7-15(18(12)31(3,4)29)23-19-14(21)11-22-20(25-19)24-16-10-13(26(27)28)8-9-17(16)30-2/h5-11H,1-4H3,(H2,22,23,24,25). The lowest BCUT2D eigenvalue weighted by molar-refractivity contribution is -0.384. The molecule has 1 heterocycles. The molecule has 0 aliphatic carbocycles. The summed E-state index contributed by atoms with van der Waals surface area (Å²) in [5, 5.41) is 18.1. The zero-order valence-corrected chi connectivity index (χ0v) is 19.0. The molecule has 2 aromatic carbocycles. The van der Waals surface area contributed by atoms with E-state index < -0.39 is 12.1 Å². The maximum Gasteiger partial charge on any atom is 0.271 e. The van der Waals surface area contributed by atoms with Gasteiger partial charge in [0.15, 0.2) is 5.82 Å². The van der Waals surface area contributed by atoms with Gasteiger partial charge in [-0.2, -0.15) is 4.98 Å². The number of benzene rings is 2. The summed E-state index contributed by atoms with van der Waals surface area (Å²) in [6.07, 6.45) is 1.40. The third-order valence-electron chi connectivity index (χ3n) is 4.41. The molecule has 0 spiro atoms. The van der Waals surface area contributed by atoms with Crippen molar-refractivity contribution in [2.45, 2.75) is 6.92 Å². The van der Waals surface area contributed by atoms with E-state index in [0.29, 0.717) is 28.2 Å². The number of nitrogens with zero attached hydrogens (tertiary/aromatic N) is 3. The van der Waals surface area contributed by atoms with Crippen LogP contribution in [0.2, 0.25) is 5.02 Å². The summed E-state index contributed by atoms with van der Waals surface area (Å²) in [5.41, 5.74) is 1.74. The van der Waals surface area contributed by atoms with Crippen LogP contribution in [0, 0.1) is 17.0 Å². The molecule has 0 atom stereocenters. The number of hydrogen-bond acceptors (Lipinski definition) is 8. The molecule has 0 unspecified atom stereocenters. The van der Waals surface area contributed by atoms with Crippen LogP contribution >= 0.6 is 18.7 Å². The van der Waals surface area contributed by atoms with Crippen molar-refractivity contribution in [3.63, 3.8) is 0 Å². The molecule has 0 saturated carbocycles. The maximum atomic E-state index is 12.8. The molecule has 31 heavy (non-hydrogen) atoms. The summed E-state index contributed by atoms with van der Waals surface area (Å²) in [6, 6.07) is 9.69. The Kier molecular flexibility index (Phi) is 6.48. The lowest BCUT2D eigenvalue weighted by atomic mass is 10.2. The number of methoxy groups -OCH3 is 1. The van der Waals surface area contributed by atoms with Gasteiger partial charge in [0.25, 0.3) is 5.69 Å². The van der Waals surface area contributed by atoms with Crippen LogP contribution < -0.4 is 20.7 Å². The van der Waals surface area contributed by atoms with Crippen LogP contribution in [0.3, 0.4) is 0 Å². The second-order valence-electron chi connectivity index (χ2n) is 7.10. The summed E-state index contributed by atoms with van der Waals surface area (Å²) < 4.78 is 18.1. The molecule has 0 saturated heterocycles. The molecule has 2 N–H and O–H groups in total. The van der Waals surface area contributed by atoms with Crippen molar-refractivity contribution in [3.05, 3.63) is 63.3 Å². The number of nitro groups is 1. The van der Waals surface area contributed by atoms with Crippen molar-refractivity contribution in [1.29, 1.82) is 0 Å². The molecule has 3 aromatic rings. The molecular weight excluding hydrogens is 441 g/mol. The van der Waals surface area contributed by atoms with E-state index in [4.69, 9.17) is 16.3 Å². The van der Waals surface area contributed by atoms with Gasteiger partial charge < -0.3 is 19.9 Å². The normalized spacial score (nSPS) is 11.1. The fraction of sp³-hybridized carbons (Fsp3) is 0.200. The van der Waals surface area contributed by atoms with Crippen LogP contribution in [0.1, 0.15) is 5.56 Å². The first-order valence-corrected chi connectivity index (χ1v) is 12.1. The predicted octanol–water partition coefficient (Wildman–Crippen LogP) is 5.09. The molecule has 0 bridgehead atoms. The summed E-state index contributed by atoms with van der Waals surface area (Å²) in [4.78, 5) is 19.1. The number of nitro benzene ring substituents is 1. The molecular formula is C20H21ClN5O4P. The molecule has 3 rings (SSSR count). The zero-order chi connectivity index (χ0) is 22.8. The second-order valence-corrected chi connectivity index (χ2v) is 10.7. The fourth-order valence-corrected chi connectivity index (χ4v) is 4.92. The van der Waals surface area contributed by atoms with Gasteiger partial charge in [0.2, 0.25) is 5.95 Å². The maximum absolute atomic E-state index is 12.8. The van der Waals surface area contributed by atoms with Crippen LogP contribution in [-0.2, 0) is 4.57 Å². The van der Waals surface area contributed by atoms with E-state index in [0.717, 1.165) is 5.56 Å². The largest absolute Gasteiger partial charge is 0.495 e. The molecule has 0 fully saturated rings. The van der Waals surface area contributed by atoms with Gasteiger partial charge in [-0.3, -0.25) is 10.1 Å². The highest BCUT2D eigenvalue weighted by molar-refractivity contribution is 7.70. The second kappa shape index (κ2) is 8.91. The van der Waals surface area contributed by atoms with Gasteiger partial charge in [0.1, 0.15) is 17.9 Å². The molecule has 0 amide bonds. The Morgan fingerprint density at radius 1 is 1.16 bits per heavy atom. The van der Waals surface area contributed by atoms with E-state index in [-0.39, 0.29) is 16.7 Å². The highest BCUT2D eigenvalue weighted by atomic mass is 35.5. The number of aryl methyl sites for hydroxylation is 1. The van der Waals surface area contributed by atoms with Crippen molar-refractivity contribution in [3.8, 4) is 5.75 Å². The molecule has 0 aliphatic heterocycles.